The van der Waals surface area contributed by atoms with Crippen LogP contribution in [0.5, 0.6) is 0 Å². The number of benzene rings is 6. The minimum atomic E-state index is 0.898. The van der Waals surface area contributed by atoms with E-state index in [1.807, 2.05) is 23.5 Å². The molecule has 188 valence electrons. The molecule has 0 spiro atoms. The van der Waals surface area contributed by atoms with E-state index in [-0.39, 0.29) is 0 Å². The second kappa shape index (κ2) is 8.31. The number of fused-ring (bicyclic) bond motifs is 10. The number of nitrogens with zero attached hydrogens (tertiary/aromatic N) is 1. The first-order chi connectivity index (χ1) is 19.7. The molecule has 9 aromatic rings. The van der Waals surface area contributed by atoms with Crippen LogP contribution in [-0.4, -0.2) is 4.57 Å². The Morgan fingerprint density at radius 2 is 1.32 bits per heavy atom. The first kappa shape index (κ1) is 22.4. The summed E-state index contributed by atoms with van der Waals surface area (Å²) < 4.78 is 12.3. The Balaban J connectivity index is 1.38. The van der Waals surface area contributed by atoms with Crippen molar-refractivity contribution in [3.63, 3.8) is 0 Å². The average molecular weight is 595 g/mol. The van der Waals surface area contributed by atoms with E-state index < -0.39 is 0 Å². The van der Waals surface area contributed by atoms with Gasteiger partial charge in [-0.25, -0.2) is 0 Å². The highest BCUT2D eigenvalue weighted by molar-refractivity contribution is 9.10. The Morgan fingerprint density at radius 1 is 0.550 bits per heavy atom. The van der Waals surface area contributed by atoms with Gasteiger partial charge in [-0.3, -0.25) is 0 Å². The molecular weight excluding hydrogens is 574 g/mol. The fraction of sp³-hybridized carbons (Fsp3) is 0. The molecule has 6 aromatic carbocycles. The van der Waals surface area contributed by atoms with Crippen LogP contribution < -0.4 is 0 Å². The van der Waals surface area contributed by atoms with Crippen molar-refractivity contribution in [3.05, 3.63) is 126 Å². The minimum absolute atomic E-state index is 0.898. The lowest BCUT2D eigenvalue weighted by Crippen LogP contribution is -1.92. The van der Waals surface area contributed by atoms with E-state index in [4.69, 9.17) is 4.42 Å². The number of thiophene rings is 1. The van der Waals surface area contributed by atoms with Crippen LogP contribution in [0, 0.1) is 0 Å². The summed E-state index contributed by atoms with van der Waals surface area (Å²) in [4.78, 5) is 0. The molecule has 0 saturated heterocycles. The van der Waals surface area contributed by atoms with Gasteiger partial charge in [-0.05, 0) is 71.8 Å². The van der Waals surface area contributed by atoms with Gasteiger partial charge in [0.2, 0.25) is 0 Å². The maximum Gasteiger partial charge on any atom is 0.136 e. The number of hydrogen-bond donors (Lipinski definition) is 0. The summed E-state index contributed by atoms with van der Waals surface area (Å²) in [6.45, 7) is 0. The van der Waals surface area contributed by atoms with Crippen molar-refractivity contribution in [2.45, 2.75) is 0 Å². The lowest BCUT2D eigenvalue weighted by Gasteiger charge is -2.08. The van der Waals surface area contributed by atoms with Gasteiger partial charge in [-0.2, -0.15) is 0 Å². The van der Waals surface area contributed by atoms with E-state index in [1.165, 1.54) is 58.8 Å². The number of para-hydroxylation sites is 1. The molecule has 40 heavy (non-hydrogen) atoms. The van der Waals surface area contributed by atoms with E-state index in [0.717, 1.165) is 26.4 Å². The molecule has 0 bridgehead atoms. The summed E-state index contributed by atoms with van der Waals surface area (Å²) in [6, 6.07) is 43.6. The molecule has 4 heteroatoms. The van der Waals surface area contributed by atoms with Crippen molar-refractivity contribution in [3.8, 4) is 16.8 Å². The third-order valence-corrected chi connectivity index (χ3v) is 9.93. The molecule has 0 aliphatic rings. The predicted octanol–water partition coefficient (Wildman–Crippen LogP) is 11.5. The zero-order valence-electron chi connectivity index (χ0n) is 21.2. The fourth-order valence-corrected chi connectivity index (χ4v) is 8.10. The predicted molar refractivity (Wildman–Crippen MR) is 174 cm³/mol. The Bertz CT molecular complexity index is 2450. The number of hydrogen-bond acceptors (Lipinski definition) is 2. The SMILES string of the molecule is Brc1cccc2oc3ccc(-c4ccc5c(c4)c4c6sc7ccccc7c6ccc4n5-c4ccccc4)cc3c12. The molecule has 0 aliphatic heterocycles. The highest BCUT2D eigenvalue weighted by atomic mass is 79.9. The lowest BCUT2D eigenvalue weighted by atomic mass is 10.00. The van der Waals surface area contributed by atoms with Gasteiger partial charge >= 0.3 is 0 Å². The van der Waals surface area contributed by atoms with Gasteiger partial charge in [0.05, 0.1) is 11.0 Å². The highest BCUT2D eigenvalue weighted by Gasteiger charge is 2.18. The molecule has 2 nitrogen and oxygen atoms in total. The zero-order chi connectivity index (χ0) is 26.4. The Hall–Kier alpha value is -4.38. The topological polar surface area (TPSA) is 18.1 Å². The molecular formula is C36H20BrNOS. The van der Waals surface area contributed by atoms with Crippen LogP contribution in [0.25, 0.3) is 80.7 Å². The molecule has 0 atom stereocenters. The van der Waals surface area contributed by atoms with Crippen molar-refractivity contribution in [1.29, 1.82) is 0 Å². The zero-order valence-corrected chi connectivity index (χ0v) is 23.6. The molecule has 0 radical (unpaired) electrons. The number of halogens is 1. The van der Waals surface area contributed by atoms with Gasteiger partial charge in [-0.15, -0.1) is 11.3 Å². The Morgan fingerprint density at radius 3 is 2.23 bits per heavy atom. The molecule has 3 heterocycles. The normalized spacial score (nSPS) is 12.1. The number of aromatic nitrogens is 1. The summed E-state index contributed by atoms with van der Waals surface area (Å²) in [6.07, 6.45) is 0. The lowest BCUT2D eigenvalue weighted by molar-refractivity contribution is 0.669. The van der Waals surface area contributed by atoms with Crippen LogP contribution in [-0.2, 0) is 0 Å². The first-order valence-corrected chi connectivity index (χ1v) is 14.9. The summed E-state index contributed by atoms with van der Waals surface area (Å²) in [5, 5.41) is 7.47. The van der Waals surface area contributed by atoms with E-state index in [1.54, 1.807) is 0 Å². The largest absolute Gasteiger partial charge is 0.456 e. The maximum atomic E-state index is 6.15. The van der Waals surface area contributed by atoms with E-state index in [2.05, 4.69) is 130 Å². The molecule has 0 fully saturated rings. The van der Waals surface area contributed by atoms with Gasteiger partial charge < -0.3 is 8.98 Å². The van der Waals surface area contributed by atoms with Gasteiger partial charge in [0.25, 0.3) is 0 Å². The standard InChI is InChI=1S/C36H20BrNOS/c37-28-10-6-11-32-34(28)27-20-22(14-18-31(27)39-32)21-13-16-29-26(19-21)35-30(38(29)23-7-2-1-3-8-23)17-15-25-24-9-4-5-12-33(24)40-36(25)35/h1-20H. The third kappa shape index (κ3) is 3.09. The monoisotopic (exact) mass is 593 g/mol. The maximum absolute atomic E-state index is 6.15. The van der Waals surface area contributed by atoms with Crippen LogP contribution in [0.2, 0.25) is 0 Å². The summed E-state index contributed by atoms with van der Waals surface area (Å²) >= 11 is 5.63. The molecule has 0 unspecified atom stereocenters. The molecule has 9 rings (SSSR count). The van der Waals surface area contributed by atoms with Crippen molar-refractivity contribution in [2.24, 2.45) is 0 Å². The van der Waals surface area contributed by atoms with Crippen molar-refractivity contribution in [1.82, 2.24) is 4.57 Å². The summed E-state index contributed by atoms with van der Waals surface area (Å²) in [5.74, 6) is 0. The van der Waals surface area contributed by atoms with Crippen molar-refractivity contribution < 1.29 is 4.42 Å². The van der Waals surface area contributed by atoms with Crippen LogP contribution in [0.3, 0.4) is 0 Å². The van der Waals surface area contributed by atoms with E-state index in [0.29, 0.717) is 0 Å². The molecule has 0 aliphatic carbocycles. The molecule has 3 aromatic heterocycles. The van der Waals surface area contributed by atoms with Crippen molar-refractivity contribution >= 4 is 91.2 Å². The second-order valence-corrected chi connectivity index (χ2v) is 12.2. The van der Waals surface area contributed by atoms with Gasteiger partial charge in [-0.1, -0.05) is 76.6 Å². The van der Waals surface area contributed by atoms with E-state index >= 15 is 0 Å². The fourth-order valence-electron chi connectivity index (χ4n) is 6.28. The second-order valence-electron chi connectivity index (χ2n) is 10.3. The Kier molecular flexibility index (Phi) is 4.66. The van der Waals surface area contributed by atoms with Crippen LogP contribution in [0.1, 0.15) is 0 Å². The molecule has 0 N–H and O–H groups in total. The third-order valence-electron chi connectivity index (χ3n) is 8.06. The quantitative estimate of drug-likeness (QED) is 0.195. The number of furan rings is 1. The molecule has 0 saturated carbocycles. The summed E-state index contributed by atoms with van der Waals surface area (Å²) in [7, 11) is 0. The highest BCUT2D eigenvalue weighted by Crippen LogP contribution is 2.44. The van der Waals surface area contributed by atoms with E-state index in [9.17, 15) is 0 Å². The van der Waals surface area contributed by atoms with Crippen LogP contribution in [0.4, 0.5) is 0 Å². The smallest absolute Gasteiger partial charge is 0.136 e. The van der Waals surface area contributed by atoms with Crippen LogP contribution >= 0.6 is 27.3 Å². The van der Waals surface area contributed by atoms with Crippen molar-refractivity contribution in [2.75, 3.05) is 0 Å². The van der Waals surface area contributed by atoms with Crippen LogP contribution in [0.15, 0.2) is 130 Å². The average Bonchev–Trinajstić information content (AvgIpc) is 3.66. The van der Waals surface area contributed by atoms with Gasteiger partial charge in [0.1, 0.15) is 11.2 Å². The number of rotatable bonds is 2. The minimum Gasteiger partial charge on any atom is -0.456 e. The Labute approximate surface area is 241 Å². The van der Waals surface area contributed by atoms with Gasteiger partial charge in [0, 0.05) is 51.9 Å². The summed E-state index contributed by atoms with van der Waals surface area (Å²) in [5.41, 5.74) is 7.80. The van der Waals surface area contributed by atoms with Gasteiger partial charge in [0.15, 0.2) is 0 Å². The molecule has 0 amide bonds. The first-order valence-electron chi connectivity index (χ1n) is 13.3.